The fourth-order valence-electron chi connectivity index (χ4n) is 2.09. The van der Waals surface area contributed by atoms with E-state index in [0.717, 1.165) is 19.4 Å². The van der Waals surface area contributed by atoms with Crippen molar-refractivity contribution in [1.82, 2.24) is 10.2 Å². The molecule has 0 aromatic carbocycles. The zero-order valence-corrected chi connectivity index (χ0v) is 11.3. The van der Waals surface area contributed by atoms with Crippen molar-refractivity contribution in [3.8, 4) is 0 Å². The van der Waals surface area contributed by atoms with Crippen molar-refractivity contribution in [3.63, 3.8) is 0 Å². The van der Waals surface area contributed by atoms with Crippen LogP contribution < -0.4 is 5.32 Å². The molecule has 0 aliphatic carbocycles. The number of hydrogen-bond acceptors (Lipinski definition) is 3. The molecule has 1 heterocycles. The van der Waals surface area contributed by atoms with Crippen LogP contribution in [0.15, 0.2) is 0 Å². The maximum Gasteiger partial charge on any atom is 0.248 e. The van der Waals surface area contributed by atoms with Crippen LogP contribution in [0.5, 0.6) is 0 Å². The Morgan fingerprint density at radius 2 is 2.22 bits per heavy atom. The lowest BCUT2D eigenvalue weighted by Crippen LogP contribution is -2.37. The number of nitrogens with one attached hydrogen (secondary N) is 1. The lowest BCUT2D eigenvalue weighted by molar-refractivity contribution is -0.130. The van der Waals surface area contributed by atoms with Gasteiger partial charge >= 0.3 is 0 Å². The van der Waals surface area contributed by atoms with E-state index in [-0.39, 0.29) is 11.8 Å². The van der Waals surface area contributed by atoms with Gasteiger partial charge in [-0.2, -0.15) is 0 Å². The van der Waals surface area contributed by atoms with Crippen LogP contribution in [-0.4, -0.2) is 47.6 Å². The second kappa shape index (κ2) is 7.36. The first-order chi connectivity index (χ1) is 8.50. The molecule has 5 heteroatoms. The zero-order valence-electron chi connectivity index (χ0n) is 11.3. The molecule has 1 rings (SSSR count). The van der Waals surface area contributed by atoms with Crippen LogP contribution in [0.2, 0.25) is 0 Å². The van der Waals surface area contributed by atoms with E-state index in [4.69, 9.17) is 0 Å². The van der Waals surface area contributed by atoms with Crippen molar-refractivity contribution in [1.29, 1.82) is 0 Å². The summed E-state index contributed by atoms with van der Waals surface area (Å²) in [6.07, 6.45) is 1.90. The number of hydrogen-bond donors (Lipinski definition) is 2. The Bertz CT molecular complexity index is 292. The van der Waals surface area contributed by atoms with Crippen LogP contribution >= 0.6 is 0 Å². The largest absolute Gasteiger partial charge is 0.383 e. The van der Waals surface area contributed by atoms with Gasteiger partial charge in [0.25, 0.3) is 0 Å². The van der Waals surface area contributed by atoms with Gasteiger partial charge in [-0.25, -0.2) is 0 Å². The molecule has 1 aliphatic rings. The topological polar surface area (TPSA) is 69.6 Å². The number of likely N-dealkylation sites (tertiary alicyclic amines) is 1. The molecule has 2 N–H and O–H groups in total. The number of nitrogens with zero attached hydrogens (tertiary/aromatic N) is 1. The van der Waals surface area contributed by atoms with Gasteiger partial charge in [-0.15, -0.1) is 0 Å². The van der Waals surface area contributed by atoms with Crippen LogP contribution in [-0.2, 0) is 9.59 Å². The summed E-state index contributed by atoms with van der Waals surface area (Å²) in [5.41, 5.74) is 0. The summed E-state index contributed by atoms with van der Waals surface area (Å²) < 4.78 is 0. The first-order valence-corrected chi connectivity index (χ1v) is 6.74. The van der Waals surface area contributed by atoms with Gasteiger partial charge in [-0.3, -0.25) is 9.59 Å². The van der Waals surface area contributed by atoms with Gasteiger partial charge in [0, 0.05) is 26.1 Å². The Labute approximate surface area is 109 Å². The van der Waals surface area contributed by atoms with E-state index in [2.05, 4.69) is 5.32 Å². The predicted molar refractivity (Wildman–Crippen MR) is 68.9 cm³/mol. The van der Waals surface area contributed by atoms with Crippen LogP contribution in [0.3, 0.4) is 0 Å². The van der Waals surface area contributed by atoms with Crippen LogP contribution in [0.4, 0.5) is 0 Å². The van der Waals surface area contributed by atoms with Gasteiger partial charge < -0.3 is 15.3 Å². The number of rotatable bonds is 7. The van der Waals surface area contributed by atoms with E-state index in [1.54, 1.807) is 0 Å². The molecule has 104 valence electrons. The third-order valence-corrected chi connectivity index (χ3v) is 3.07. The van der Waals surface area contributed by atoms with E-state index in [0.29, 0.717) is 31.8 Å². The second-order valence-corrected chi connectivity index (χ2v) is 5.27. The van der Waals surface area contributed by atoms with Gasteiger partial charge in [0.15, 0.2) is 0 Å². The quantitative estimate of drug-likeness (QED) is 0.653. The first kappa shape index (κ1) is 15.0. The smallest absolute Gasteiger partial charge is 0.248 e. The summed E-state index contributed by atoms with van der Waals surface area (Å²) in [6, 6.07) is 0. The molecule has 2 amide bonds. The molecular formula is C13H24N2O3. The summed E-state index contributed by atoms with van der Waals surface area (Å²) in [5.74, 6) is 0.200. The molecule has 0 aromatic heterocycles. The summed E-state index contributed by atoms with van der Waals surface area (Å²) in [5, 5.41) is 12.3. The SMILES string of the molecule is CC(C)C[C@H](O)C(=O)NCCCN1CCCC1=O. The van der Waals surface area contributed by atoms with E-state index in [1.807, 2.05) is 18.7 Å². The highest BCUT2D eigenvalue weighted by atomic mass is 16.3. The van der Waals surface area contributed by atoms with Crippen molar-refractivity contribution < 1.29 is 14.7 Å². The fourth-order valence-corrected chi connectivity index (χ4v) is 2.09. The number of amides is 2. The average molecular weight is 256 g/mol. The molecule has 1 atom stereocenters. The molecule has 0 saturated carbocycles. The van der Waals surface area contributed by atoms with Gasteiger partial charge in [-0.05, 0) is 25.2 Å². The minimum absolute atomic E-state index is 0.209. The maximum atomic E-state index is 11.5. The minimum atomic E-state index is -0.918. The van der Waals surface area contributed by atoms with Crippen molar-refractivity contribution >= 4 is 11.8 Å². The summed E-state index contributed by atoms with van der Waals surface area (Å²) >= 11 is 0. The van der Waals surface area contributed by atoms with E-state index < -0.39 is 6.10 Å². The van der Waals surface area contributed by atoms with Crippen LogP contribution in [0.1, 0.15) is 39.5 Å². The molecule has 18 heavy (non-hydrogen) atoms. The monoisotopic (exact) mass is 256 g/mol. The molecule has 0 spiro atoms. The molecule has 0 aromatic rings. The molecule has 1 aliphatic heterocycles. The molecule has 0 bridgehead atoms. The van der Waals surface area contributed by atoms with Crippen molar-refractivity contribution in [3.05, 3.63) is 0 Å². The van der Waals surface area contributed by atoms with Crippen molar-refractivity contribution in [2.45, 2.75) is 45.6 Å². The molecular weight excluding hydrogens is 232 g/mol. The summed E-state index contributed by atoms with van der Waals surface area (Å²) in [7, 11) is 0. The predicted octanol–water partition coefficient (Wildman–Crippen LogP) is 0.522. The third-order valence-electron chi connectivity index (χ3n) is 3.07. The Kier molecular flexibility index (Phi) is 6.12. The molecule has 1 saturated heterocycles. The van der Waals surface area contributed by atoms with E-state index in [9.17, 15) is 14.7 Å². The lowest BCUT2D eigenvalue weighted by atomic mass is 10.1. The van der Waals surface area contributed by atoms with E-state index in [1.165, 1.54) is 0 Å². The van der Waals surface area contributed by atoms with Gasteiger partial charge in [0.2, 0.25) is 11.8 Å². The molecule has 0 unspecified atom stereocenters. The summed E-state index contributed by atoms with van der Waals surface area (Å²) in [4.78, 5) is 24.7. The van der Waals surface area contributed by atoms with Gasteiger partial charge in [-0.1, -0.05) is 13.8 Å². The normalized spacial score (nSPS) is 17.3. The number of aliphatic hydroxyl groups is 1. The second-order valence-electron chi connectivity index (χ2n) is 5.27. The fraction of sp³-hybridized carbons (Fsp3) is 0.846. The number of carbonyl (C=O) groups excluding carboxylic acids is 2. The Morgan fingerprint density at radius 1 is 1.50 bits per heavy atom. The molecule has 0 radical (unpaired) electrons. The van der Waals surface area contributed by atoms with Crippen LogP contribution in [0, 0.1) is 5.92 Å². The highest BCUT2D eigenvalue weighted by molar-refractivity contribution is 5.80. The highest BCUT2D eigenvalue weighted by Crippen LogP contribution is 2.09. The molecule has 5 nitrogen and oxygen atoms in total. The molecule has 1 fully saturated rings. The van der Waals surface area contributed by atoms with Gasteiger partial charge in [0.1, 0.15) is 6.10 Å². The third kappa shape index (κ3) is 5.04. The van der Waals surface area contributed by atoms with Crippen LogP contribution in [0.25, 0.3) is 0 Å². The lowest BCUT2D eigenvalue weighted by Gasteiger charge is -2.16. The van der Waals surface area contributed by atoms with Gasteiger partial charge in [0.05, 0.1) is 0 Å². The Hall–Kier alpha value is -1.10. The maximum absolute atomic E-state index is 11.5. The first-order valence-electron chi connectivity index (χ1n) is 6.74. The van der Waals surface area contributed by atoms with Crippen molar-refractivity contribution in [2.24, 2.45) is 5.92 Å². The standard InChI is InChI=1S/C13H24N2O3/c1-10(2)9-11(16)13(18)14-6-4-8-15-7-3-5-12(15)17/h10-11,16H,3-9H2,1-2H3,(H,14,18)/t11-/m0/s1. The minimum Gasteiger partial charge on any atom is -0.383 e. The Balaban J connectivity index is 2.10. The summed E-state index contributed by atoms with van der Waals surface area (Å²) in [6.45, 7) is 5.98. The number of carbonyl (C=O) groups is 2. The zero-order chi connectivity index (χ0) is 13.5. The highest BCUT2D eigenvalue weighted by Gasteiger charge is 2.19. The number of aliphatic hydroxyl groups excluding tert-OH is 1. The Morgan fingerprint density at radius 3 is 2.78 bits per heavy atom. The van der Waals surface area contributed by atoms with E-state index >= 15 is 0 Å². The van der Waals surface area contributed by atoms with Crippen molar-refractivity contribution in [2.75, 3.05) is 19.6 Å². The average Bonchev–Trinajstić information content (AvgIpc) is 2.69.